The number of carboxylic acids is 1. The second-order valence-electron chi connectivity index (χ2n) is 6.53. The monoisotopic (exact) mass is 341 g/mol. The van der Waals surface area contributed by atoms with E-state index < -0.39 is 5.97 Å². The standard InChI is InChI=1S/C19H23N3O3/c1-14-20-11-17-8-7-16(13-22(14)17)19(25)21(10-9-18(23)24)12-15-5-3-2-4-6-15/h2-6,11,16H,7-10,12-13H2,1H3,(H,23,24). The van der Waals surface area contributed by atoms with Crippen molar-refractivity contribution in [2.24, 2.45) is 5.92 Å². The highest BCUT2D eigenvalue weighted by molar-refractivity contribution is 5.79. The topological polar surface area (TPSA) is 75.4 Å². The molecule has 132 valence electrons. The maximum Gasteiger partial charge on any atom is 0.305 e. The van der Waals surface area contributed by atoms with Gasteiger partial charge in [-0.3, -0.25) is 9.59 Å². The molecule has 0 saturated carbocycles. The molecule has 1 aliphatic rings. The SMILES string of the molecule is Cc1ncc2n1CC(C(=O)N(CCC(=O)O)Cc1ccccc1)CC2. The molecule has 1 unspecified atom stereocenters. The van der Waals surface area contributed by atoms with Gasteiger partial charge in [0.1, 0.15) is 5.82 Å². The number of aryl methyl sites for hydroxylation is 2. The van der Waals surface area contributed by atoms with Gasteiger partial charge < -0.3 is 14.6 Å². The second-order valence-corrected chi connectivity index (χ2v) is 6.53. The first-order valence-electron chi connectivity index (χ1n) is 8.60. The molecule has 1 N–H and O–H groups in total. The fourth-order valence-electron chi connectivity index (χ4n) is 3.36. The van der Waals surface area contributed by atoms with Crippen molar-refractivity contribution in [3.05, 3.63) is 53.6 Å². The third kappa shape index (κ3) is 4.07. The number of aromatic nitrogens is 2. The Balaban J connectivity index is 1.74. The average Bonchev–Trinajstić information content (AvgIpc) is 2.99. The van der Waals surface area contributed by atoms with Crippen LogP contribution in [-0.2, 0) is 29.1 Å². The molecule has 1 aromatic heterocycles. The van der Waals surface area contributed by atoms with Crippen LogP contribution in [0.5, 0.6) is 0 Å². The fourth-order valence-corrected chi connectivity index (χ4v) is 3.36. The summed E-state index contributed by atoms with van der Waals surface area (Å²) in [5.74, 6) is -0.0587. The van der Waals surface area contributed by atoms with Gasteiger partial charge in [-0.2, -0.15) is 0 Å². The molecule has 1 amide bonds. The number of fused-ring (bicyclic) bond motifs is 1. The molecule has 3 rings (SSSR count). The van der Waals surface area contributed by atoms with Crippen LogP contribution in [0.25, 0.3) is 0 Å². The van der Waals surface area contributed by atoms with E-state index in [9.17, 15) is 9.59 Å². The van der Waals surface area contributed by atoms with Crippen molar-refractivity contribution in [3.8, 4) is 0 Å². The maximum atomic E-state index is 13.1. The minimum atomic E-state index is -0.887. The van der Waals surface area contributed by atoms with Gasteiger partial charge in [-0.1, -0.05) is 30.3 Å². The van der Waals surface area contributed by atoms with E-state index in [1.54, 1.807) is 4.90 Å². The summed E-state index contributed by atoms with van der Waals surface area (Å²) in [6.07, 6.45) is 3.44. The Labute approximate surface area is 147 Å². The lowest BCUT2D eigenvalue weighted by atomic mass is 9.96. The fraction of sp³-hybridized carbons (Fsp3) is 0.421. The van der Waals surface area contributed by atoms with E-state index in [0.717, 1.165) is 24.2 Å². The van der Waals surface area contributed by atoms with E-state index in [4.69, 9.17) is 5.11 Å². The van der Waals surface area contributed by atoms with Crippen LogP contribution in [0, 0.1) is 12.8 Å². The van der Waals surface area contributed by atoms with Crippen molar-refractivity contribution in [1.29, 1.82) is 0 Å². The van der Waals surface area contributed by atoms with Gasteiger partial charge in [-0.05, 0) is 25.3 Å². The molecule has 6 heteroatoms. The van der Waals surface area contributed by atoms with E-state index in [-0.39, 0.29) is 24.8 Å². The Morgan fingerprint density at radius 2 is 2.08 bits per heavy atom. The van der Waals surface area contributed by atoms with Gasteiger partial charge in [-0.25, -0.2) is 4.98 Å². The summed E-state index contributed by atoms with van der Waals surface area (Å²) in [6.45, 7) is 3.25. The van der Waals surface area contributed by atoms with Crippen LogP contribution in [-0.4, -0.2) is 38.0 Å². The molecule has 1 atom stereocenters. The molecule has 1 aromatic carbocycles. The minimum Gasteiger partial charge on any atom is -0.481 e. The van der Waals surface area contributed by atoms with Gasteiger partial charge >= 0.3 is 5.97 Å². The maximum absolute atomic E-state index is 13.1. The van der Waals surface area contributed by atoms with Gasteiger partial charge in [0.2, 0.25) is 5.91 Å². The molecule has 25 heavy (non-hydrogen) atoms. The second kappa shape index (κ2) is 7.51. The van der Waals surface area contributed by atoms with Crippen molar-refractivity contribution in [3.63, 3.8) is 0 Å². The zero-order chi connectivity index (χ0) is 17.8. The third-order valence-electron chi connectivity index (χ3n) is 4.76. The number of carbonyl (C=O) groups is 2. The van der Waals surface area contributed by atoms with E-state index in [2.05, 4.69) is 9.55 Å². The third-order valence-corrected chi connectivity index (χ3v) is 4.76. The van der Waals surface area contributed by atoms with Crippen LogP contribution in [0.3, 0.4) is 0 Å². The molecule has 2 aromatic rings. The first kappa shape index (κ1) is 17.2. The van der Waals surface area contributed by atoms with Crippen molar-refractivity contribution >= 4 is 11.9 Å². The van der Waals surface area contributed by atoms with Crippen molar-refractivity contribution < 1.29 is 14.7 Å². The van der Waals surface area contributed by atoms with Crippen molar-refractivity contribution in [1.82, 2.24) is 14.5 Å². The van der Waals surface area contributed by atoms with Crippen LogP contribution >= 0.6 is 0 Å². The highest BCUT2D eigenvalue weighted by Crippen LogP contribution is 2.24. The highest BCUT2D eigenvalue weighted by Gasteiger charge is 2.29. The lowest BCUT2D eigenvalue weighted by molar-refractivity contribution is -0.140. The van der Waals surface area contributed by atoms with Crippen LogP contribution in [0.1, 0.15) is 29.9 Å². The first-order valence-corrected chi connectivity index (χ1v) is 8.60. The largest absolute Gasteiger partial charge is 0.481 e. The number of hydrogen-bond donors (Lipinski definition) is 1. The summed E-state index contributed by atoms with van der Waals surface area (Å²) in [5.41, 5.74) is 2.18. The van der Waals surface area contributed by atoms with Gasteiger partial charge in [0.15, 0.2) is 0 Å². The molecule has 0 aliphatic carbocycles. The molecular weight excluding hydrogens is 318 g/mol. The van der Waals surface area contributed by atoms with E-state index in [1.165, 1.54) is 5.69 Å². The Morgan fingerprint density at radius 1 is 1.32 bits per heavy atom. The van der Waals surface area contributed by atoms with Crippen LogP contribution in [0.2, 0.25) is 0 Å². The van der Waals surface area contributed by atoms with E-state index in [1.807, 2.05) is 43.5 Å². The molecule has 0 fully saturated rings. The van der Waals surface area contributed by atoms with Crippen molar-refractivity contribution in [2.75, 3.05) is 6.54 Å². The Kier molecular flexibility index (Phi) is 5.16. The summed E-state index contributed by atoms with van der Waals surface area (Å²) < 4.78 is 2.10. The number of aliphatic carboxylic acids is 1. The summed E-state index contributed by atoms with van der Waals surface area (Å²) in [6, 6.07) is 9.70. The van der Waals surface area contributed by atoms with E-state index in [0.29, 0.717) is 13.1 Å². The molecule has 0 radical (unpaired) electrons. The minimum absolute atomic E-state index is 0.0313. The summed E-state index contributed by atoms with van der Waals surface area (Å²) >= 11 is 0. The molecule has 1 aliphatic heterocycles. The highest BCUT2D eigenvalue weighted by atomic mass is 16.4. The number of carbonyl (C=O) groups excluding carboxylic acids is 1. The van der Waals surface area contributed by atoms with E-state index >= 15 is 0 Å². The number of imidazole rings is 1. The Hall–Kier alpha value is -2.63. The molecular formula is C19H23N3O3. The Bertz CT molecular complexity index is 755. The average molecular weight is 341 g/mol. The summed E-state index contributed by atoms with van der Waals surface area (Å²) in [5, 5.41) is 9.01. The molecule has 6 nitrogen and oxygen atoms in total. The van der Waals surface area contributed by atoms with Crippen molar-refractivity contribution in [2.45, 2.75) is 39.3 Å². The smallest absolute Gasteiger partial charge is 0.305 e. The predicted octanol–water partition coefficient (Wildman–Crippen LogP) is 2.26. The van der Waals surface area contributed by atoms with Crippen LogP contribution in [0.4, 0.5) is 0 Å². The number of amides is 1. The zero-order valence-corrected chi connectivity index (χ0v) is 14.4. The normalized spacial score (nSPS) is 16.3. The quantitative estimate of drug-likeness (QED) is 0.874. The number of benzene rings is 1. The zero-order valence-electron chi connectivity index (χ0n) is 14.4. The lowest BCUT2D eigenvalue weighted by Crippen LogP contribution is -2.40. The molecule has 2 heterocycles. The van der Waals surface area contributed by atoms with Crippen LogP contribution in [0.15, 0.2) is 36.5 Å². The van der Waals surface area contributed by atoms with Gasteiger partial charge in [0.25, 0.3) is 0 Å². The Morgan fingerprint density at radius 3 is 2.80 bits per heavy atom. The number of carboxylic acid groups (broad SMARTS) is 1. The molecule has 0 spiro atoms. The first-order chi connectivity index (χ1) is 12.0. The summed E-state index contributed by atoms with van der Waals surface area (Å²) in [7, 11) is 0. The molecule has 0 bridgehead atoms. The van der Waals surface area contributed by atoms with Crippen LogP contribution < -0.4 is 0 Å². The number of hydrogen-bond acceptors (Lipinski definition) is 3. The van der Waals surface area contributed by atoms with Gasteiger partial charge in [0.05, 0.1) is 12.3 Å². The molecule has 0 saturated heterocycles. The van der Waals surface area contributed by atoms with Gasteiger partial charge in [0, 0.05) is 31.5 Å². The van der Waals surface area contributed by atoms with Gasteiger partial charge in [-0.15, -0.1) is 0 Å². The lowest BCUT2D eigenvalue weighted by Gasteiger charge is -2.30. The predicted molar refractivity (Wildman–Crippen MR) is 92.9 cm³/mol. The number of rotatable bonds is 6. The summed E-state index contributed by atoms with van der Waals surface area (Å²) in [4.78, 5) is 30.0. The number of nitrogens with zero attached hydrogens (tertiary/aromatic N) is 3.